The monoisotopic (exact) mass is 288 g/mol. The third kappa shape index (κ3) is 4.03. The molecule has 2 rings (SSSR count). The number of ether oxygens (including phenoxy) is 1. The lowest BCUT2D eigenvalue weighted by Crippen LogP contribution is -2.22. The first-order valence-electron chi connectivity index (χ1n) is 6.19. The highest BCUT2D eigenvalue weighted by Gasteiger charge is 2.11. The van der Waals surface area contributed by atoms with Crippen LogP contribution in [0.3, 0.4) is 0 Å². The van der Waals surface area contributed by atoms with Gasteiger partial charge in [0.05, 0.1) is 7.11 Å². The molecule has 0 aliphatic carbocycles. The summed E-state index contributed by atoms with van der Waals surface area (Å²) >= 11 is 0. The Hall–Kier alpha value is -2.90. The molecule has 2 aromatic rings. The molecule has 0 atom stereocenters. The lowest BCUT2D eigenvalue weighted by Gasteiger charge is -2.12. The first kappa shape index (κ1) is 14.5. The van der Waals surface area contributed by atoms with Gasteiger partial charge in [-0.3, -0.25) is 5.32 Å². The molecule has 2 N–H and O–H groups in total. The summed E-state index contributed by atoms with van der Waals surface area (Å²) in [5.74, 6) is 0.496. The van der Waals surface area contributed by atoms with Gasteiger partial charge in [-0.1, -0.05) is 18.2 Å². The lowest BCUT2D eigenvalue weighted by molar-refractivity contribution is 0.262. The Morgan fingerprint density at radius 1 is 1.10 bits per heavy atom. The molecular weight excluding hydrogens is 272 g/mol. The van der Waals surface area contributed by atoms with E-state index in [1.54, 1.807) is 31.1 Å². The van der Waals surface area contributed by atoms with E-state index in [9.17, 15) is 4.79 Å². The van der Waals surface area contributed by atoms with Gasteiger partial charge in [-0.25, -0.2) is 4.79 Å². The molecule has 0 aliphatic rings. The average Bonchev–Trinajstić information content (AvgIpc) is 2.47. The zero-order chi connectivity index (χ0) is 15.2. The van der Waals surface area contributed by atoms with Crippen LogP contribution in [-0.4, -0.2) is 42.2 Å². The maximum atomic E-state index is 11.9. The van der Waals surface area contributed by atoms with Crippen LogP contribution in [0, 0.1) is 0 Å². The maximum absolute atomic E-state index is 11.9. The number of aromatic nitrogens is 3. The molecule has 0 bridgehead atoms. The second kappa shape index (κ2) is 6.51. The highest BCUT2D eigenvalue weighted by atomic mass is 16.5. The Labute approximate surface area is 122 Å². The number of hydrogen-bond donors (Lipinski definition) is 2. The van der Waals surface area contributed by atoms with Gasteiger partial charge in [0, 0.05) is 19.8 Å². The smallest absolute Gasteiger partial charge is 0.326 e. The molecular formula is C13H16N6O2. The Morgan fingerprint density at radius 2 is 1.81 bits per heavy atom. The van der Waals surface area contributed by atoms with E-state index >= 15 is 0 Å². The zero-order valence-corrected chi connectivity index (χ0v) is 12.0. The summed E-state index contributed by atoms with van der Waals surface area (Å²) in [6.45, 7) is 0. The van der Waals surface area contributed by atoms with Crippen molar-refractivity contribution in [3.63, 3.8) is 0 Å². The minimum atomic E-state index is -0.445. The van der Waals surface area contributed by atoms with Crippen LogP contribution >= 0.6 is 0 Å². The number of anilines is 3. The van der Waals surface area contributed by atoms with Gasteiger partial charge in [0.15, 0.2) is 0 Å². The summed E-state index contributed by atoms with van der Waals surface area (Å²) in [6.07, 6.45) is 0. The third-order valence-corrected chi connectivity index (χ3v) is 2.44. The van der Waals surface area contributed by atoms with Crippen LogP contribution in [0.5, 0.6) is 6.01 Å². The van der Waals surface area contributed by atoms with E-state index in [4.69, 9.17) is 4.74 Å². The second-order valence-electron chi connectivity index (χ2n) is 4.29. The van der Waals surface area contributed by atoms with E-state index in [1.165, 1.54) is 7.11 Å². The number of amides is 2. The predicted molar refractivity (Wildman–Crippen MR) is 79.8 cm³/mol. The highest BCUT2D eigenvalue weighted by Crippen LogP contribution is 2.13. The number of nitrogens with one attached hydrogen (secondary N) is 2. The van der Waals surface area contributed by atoms with Crippen molar-refractivity contribution in [3.05, 3.63) is 30.3 Å². The molecule has 0 radical (unpaired) electrons. The van der Waals surface area contributed by atoms with Gasteiger partial charge in [-0.05, 0) is 12.1 Å². The highest BCUT2D eigenvalue weighted by molar-refractivity contribution is 5.98. The summed E-state index contributed by atoms with van der Waals surface area (Å²) in [6, 6.07) is 8.75. The Balaban J connectivity index is 2.11. The van der Waals surface area contributed by atoms with Gasteiger partial charge < -0.3 is 15.0 Å². The molecule has 1 aromatic heterocycles. The van der Waals surface area contributed by atoms with Crippen molar-refractivity contribution in [1.82, 2.24) is 15.0 Å². The van der Waals surface area contributed by atoms with Crippen LogP contribution in [0.4, 0.5) is 22.4 Å². The molecule has 8 heteroatoms. The Bertz CT molecular complexity index is 617. The molecule has 0 saturated carbocycles. The number of methoxy groups -OCH3 is 1. The zero-order valence-electron chi connectivity index (χ0n) is 12.0. The van der Waals surface area contributed by atoms with Gasteiger partial charge in [0.2, 0.25) is 11.9 Å². The van der Waals surface area contributed by atoms with E-state index in [2.05, 4.69) is 25.6 Å². The normalized spacial score (nSPS) is 9.86. The van der Waals surface area contributed by atoms with Gasteiger partial charge in [0.25, 0.3) is 0 Å². The number of nitrogens with zero attached hydrogens (tertiary/aromatic N) is 4. The van der Waals surface area contributed by atoms with Gasteiger partial charge in [-0.2, -0.15) is 15.0 Å². The molecule has 0 unspecified atom stereocenters. The number of para-hydroxylation sites is 1. The first-order chi connectivity index (χ1) is 10.1. The van der Waals surface area contributed by atoms with Crippen LogP contribution in [0.2, 0.25) is 0 Å². The standard InChI is InChI=1S/C13H16N6O2/c1-19(2)11-15-10(17-13(18-11)21-3)16-12(20)14-9-7-5-4-6-8-9/h4-8H,1-3H3,(H2,14,15,16,17,18,20). The second-order valence-corrected chi connectivity index (χ2v) is 4.29. The molecule has 0 saturated heterocycles. The van der Waals surface area contributed by atoms with E-state index in [0.29, 0.717) is 11.6 Å². The van der Waals surface area contributed by atoms with Crippen LogP contribution in [0.15, 0.2) is 30.3 Å². The van der Waals surface area contributed by atoms with Crippen LogP contribution < -0.4 is 20.3 Å². The molecule has 2 amide bonds. The van der Waals surface area contributed by atoms with Crippen molar-refractivity contribution in [2.45, 2.75) is 0 Å². The summed E-state index contributed by atoms with van der Waals surface area (Å²) in [7, 11) is 5.01. The van der Waals surface area contributed by atoms with E-state index in [1.807, 2.05) is 18.2 Å². The lowest BCUT2D eigenvalue weighted by atomic mass is 10.3. The van der Waals surface area contributed by atoms with Crippen molar-refractivity contribution in [2.75, 3.05) is 36.7 Å². The summed E-state index contributed by atoms with van der Waals surface area (Å²) in [5, 5.41) is 5.21. The van der Waals surface area contributed by atoms with Crippen molar-refractivity contribution in [1.29, 1.82) is 0 Å². The number of carbonyl (C=O) groups is 1. The van der Waals surface area contributed by atoms with E-state index < -0.39 is 6.03 Å². The maximum Gasteiger partial charge on any atom is 0.326 e. The fraction of sp³-hybridized carbons (Fsp3) is 0.231. The number of benzene rings is 1. The number of hydrogen-bond acceptors (Lipinski definition) is 6. The summed E-state index contributed by atoms with van der Waals surface area (Å²) in [5.41, 5.74) is 0.670. The predicted octanol–water partition coefficient (Wildman–Crippen LogP) is 1.59. The topological polar surface area (TPSA) is 92.3 Å². The minimum absolute atomic E-state index is 0.110. The van der Waals surface area contributed by atoms with Crippen molar-refractivity contribution < 1.29 is 9.53 Å². The van der Waals surface area contributed by atoms with Crippen LogP contribution in [0.25, 0.3) is 0 Å². The fourth-order valence-electron chi connectivity index (χ4n) is 1.48. The van der Waals surface area contributed by atoms with E-state index in [-0.39, 0.29) is 12.0 Å². The third-order valence-electron chi connectivity index (χ3n) is 2.44. The van der Waals surface area contributed by atoms with Gasteiger partial charge >= 0.3 is 12.0 Å². The molecule has 110 valence electrons. The number of urea groups is 1. The summed E-state index contributed by atoms with van der Waals surface area (Å²) < 4.78 is 4.98. The average molecular weight is 288 g/mol. The molecule has 1 heterocycles. The quantitative estimate of drug-likeness (QED) is 0.887. The molecule has 0 spiro atoms. The van der Waals surface area contributed by atoms with Gasteiger partial charge in [0.1, 0.15) is 0 Å². The molecule has 1 aromatic carbocycles. The van der Waals surface area contributed by atoms with E-state index in [0.717, 1.165) is 0 Å². The van der Waals surface area contributed by atoms with Crippen molar-refractivity contribution in [3.8, 4) is 6.01 Å². The number of rotatable bonds is 4. The Morgan fingerprint density at radius 3 is 2.43 bits per heavy atom. The largest absolute Gasteiger partial charge is 0.467 e. The van der Waals surface area contributed by atoms with Crippen molar-refractivity contribution >= 4 is 23.6 Å². The van der Waals surface area contributed by atoms with Crippen molar-refractivity contribution in [2.24, 2.45) is 0 Å². The van der Waals surface area contributed by atoms with Crippen LogP contribution in [-0.2, 0) is 0 Å². The minimum Gasteiger partial charge on any atom is -0.467 e. The number of carbonyl (C=O) groups excluding carboxylic acids is 1. The van der Waals surface area contributed by atoms with Gasteiger partial charge in [-0.15, -0.1) is 0 Å². The molecule has 0 aliphatic heterocycles. The molecule has 8 nitrogen and oxygen atoms in total. The molecule has 0 fully saturated rings. The SMILES string of the molecule is COc1nc(NC(=O)Nc2ccccc2)nc(N(C)C)n1. The van der Waals surface area contributed by atoms with Crippen LogP contribution in [0.1, 0.15) is 0 Å². The molecule has 21 heavy (non-hydrogen) atoms. The summed E-state index contributed by atoms with van der Waals surface area (Å²) in [4.78, 5) is 25.7. The first-order valence-corrected chi connectivity index (χ1v) is 6.19. The Kier molecular flexibility index (Phi) is 4.50. The fourth-order valence-corrected chi connectivity index (χ4v) is 1.48.